The normalized spacial score (nSPS) is 22.6. The summed E-state index contributed by atoms with van der Waals surface area (Å²) in [6.07, 6.45) is 0.829. The van der Waals surface area contributed by atoms with Gasteiger partial charge < -0.3 is 10.2 Å². The molecule has 1 saturated heterocycles. The van der Waals surface area contributed by atoms with Crippen LogP contribution in [0.25, 0.3) is 0 Å². The first-order valence-corrected chi connectivity index (χ1v) is 6.45. The molecule has 2 rings (SSSR count). The first kappa shape index (κ1) is 12.6. The van der Waals surface area contributed by atoms with Gasteiger partial charge >= 0.3 is 0 Å². The predicted octanol–water partition coefficient (Wildman–Crippen LogP) is 0.557. The highest BCUT2D eigenvalue weighted by Gasteiger charge is 2.39. The van der Waals surface area contributed by atoms with Gasteiger partial charge in [0.1, 0.15) is 6.29 Å². The molecule has 1 aliphatic heterocycles. The second-order valence-corrected chi connectivity index (χ2v) is 5.27. The van der Waals surface area contributed by atoms with Crippen molar-refractivity contribution in [3.8, 4) is 0 Å². The van der Waals surface area contributed by atoms with E-state index in [0.29, 0.717) is 11.3 Å². The molecule has 0 aliphatic carbocycles. The molecule has 0 amide bonds. The smallest absolute Gasteiger partial charge is 0.150 e. The van der Waals surface area contributed by atoms with Crippen LogP contribution < -0.4 is 5.32 Å². The molecule has 17 heavy (non-hydrogen) atoms. The van der Waals surface area contributed by atoms with E-state index in [0.717, 1.165) is 11.8 Å². The lowest BCUT2D eigenvalue weighted by atomic mass is 10.0. The highest BCUT2D eigenvalue weighted by atomic mass is 32.2. The zero-order valence-electron chi connectivity index (χ0n) is 9.30. The van der Waals surface area contributed by atoms with Crippen LogP contribution in [0.2, 0.25) is 0 Å². The van der Waals surface area contributed by atoms with Crippen LogP contribution in [-0.2, 0) is 0 Å². The second-order valence-electron chi connectivity index (χ2n) is 4.18. The summed E-state index contributed by atoms with van der Waals surface area (Å²) >= 11 is 1.59. The summed E-state index contributed by atoms with van der Waals surface area (Å²) in [7, 11) is 0. The van der Waals surface area contributed by atoms with Gasteiger partial charge in [0.25, 0.3) is 0 Å². The Morgan fingerprint density at radius 2 is 2.12 bits per heavy atom. The van der Waals surface area contributed by atoms with E-state index in [9.17, 15) is 15.0 Å². The van der Waals surface area contributed by atoms with Crippen molar-refractivity contribution in [2.75, 3.05) is 19.0 Å². The van der Waals surface area contributed by atoms with Crippen LogP contribution in [0.5, 0.6) is 0 Å². The summed E-state index contributed by atoms with van der Waals surface area (Å²) in [4.78, 5) is 10.9. The van der Waals surface area contributed by atoms with Crippen molar-refractivity contribution in [3.63, 3.8) is 0 Å². The molecule has 1 atom stereocenters. The number of carbonyl (C=O) groups excluding carboxylic acids is 1. The Kier molecular flexibility index (Phi) is 3.83. The highest BCUT2D eigenvalue weighted by molar-refractivity contribution is 7.99. The summed E-state index contributed by atoms with van der Waals surface area (Å²) in [5.41, 5.74) is 0.895. The van der Waals surface area contributed by atoms with E-state index in [4.69, 9.17) is 0 Å². The van der Waals surface area contributed by atoms with Gasteiger partial charge in [-0.2, -0.15) is 0 Å². The zero-order chi connectivity index (χ0) is 12.3. The fourth-order valence-corrected chi connectivity index (χ4v) is 3.34. The Bertz CT molecular complexity index is 406. The van der Waals surface area contributed by atoms with Crippen LogP contribution >= 0.6 is 11.8 Å². The fourth-order valence-electron chi connectivity index (χ4n) is 1.86. The highest BCUT2D eigenvalue weighted by Crippen LogP contribution is 2.38. The van der Waals surface area contributed by atoms with Crippen LogP contribution in [0.1, 0.15) is 21.3 Å². The molecule has 0 bridgehead atoms. The summed E-state index contributed by atoms with van der Waals surface area (Å²) < 4.78 is 0. The predicted molar refractivity (Wildman–Crippen MR) is 67.1 cm³/mol. The third-order valence-corrected chi connectivity index (χ3v) is 4.40. The maximum atomic E-state index is 10.9. The number of benzene rings is 1. The minimum absolute atomic E-state index is 0.0595. The maximum Gasteiger partial charge on any atom is 0.150 e. The molecule has 1 aliphatic rings. The number of hydrogen-bond acceptors (Lipinski definition) is 5. The van der Waals surface area contributed by atoms with Gasteiger partial charge in [0.2, 0.25) is 0 Å². The van der Waals surface area contributed by atoms with Crippen molar-refractivity contribution in [1.29, 1.82) is 0 Å². The van der Waals surface area contributed by atoms with Gasteiger partial charge in [-0.1, -0.05) is 24.3 Å². The number of aliphatic hydroxyl groups is 2. The molecule has 0 saturated carbocycles. The van der Waals surface area contributed by atoms with Crippen LogP contribution in [0.4, 0.5) is 0 Å². The van der Waals surface area contributed by atoms with Crippen molar-refractivity contribution < 1.29 is 15.0 Å². The summed E-state index contributed by atoms with van der Waals surface area (Å²) in [5, 5.41) is 21.7. The first-order valence-electron chi connectivity index (χ1n) is 5.40. The molecule has 92 valence electrons. The lowest BCUT2D eigenvalue weighted by Crippen LogP contribution is -2.49. The van der Waals surface area contributed by atoms with Gasteiger partial charge in [-0.15, -0.1) is 11.8 Å². The minimum Gasteiger partial charge on any atom is -0.394 e. The van der Waals surface area contributed by atoms with Crippen LogP contribution in [0.3, 0.4) is 0 Å². The Labute approximate surface area is 104 Å². The molecule has 5 heteroatoms. The van der Waals surface area contributed by atoms with Crippen molar-refractivity contribution in [2.45, 2.75) is 10.9 Å². The van der Waals surface area contributed by atoms with Gasteiger partial charge in [0.05, 0.1) is 24.1 Å². The Balaban J connectivity index is 2.23. The van der Waals surface area contributed by atoms with Crippen LogP contribution in [-0.4, -0.2) is 41.0 Å². The molecule has 0 spiro atoms. The lowest BCUT2D eigenvalue weighted by Gasteiger charge is -2.25. The van der Waals surface area contributed by atoms with Crippen molar-refractivity contribution in [2.24, 2.45) is 0 Å². The summed E-state index contributed by atoms with van der Waals surface area (Å²) in [5.74, 6) is 0.623. The molecule has 3 N–H and O–H groups in total. The molecule has 0 unspecified atom stereocenters. The molecular weight excluding hydrogens is 238 g/mol. The molecule has 1 aromatic rings. The molecule has 1 fully saturated rings. The Morgan fingerprint density at radius 3 is 2.71 bits per heavy atom. The average molecular weight is 253 g/mol. The largest absolute Gasteiger partial charge is 0.394 e. The summed E-state index contributed by atoms with van der Waals surface area (Å²) in [6, 6.07) is 7.35. The Morgan fingerprint density at radius 1 is 1.41 bits per heavy atom. The van der Waals surface area contributed by atoms with E-state index >= 15 is 0 Å². The fraction of sp³-hybridized carbons (Fsp3) is 0.417. The first-order chi connectivity index (χ1) is 8.24. The number of carbonyl (C=O) groups is 1. The third-order valence-electron chi connectivity index (χ3n) is 2.97. The Hall–Kier alpha value is -0.880. The number of thioether (sulfide) groups is 1. The minimum atomic E-state index is -0.647. The standard InChI is InChI=1S/C12H15NO3S/c14-5-9-3-1-2-4-10(9)11-13-12(6-15,7-16)8-17-11/h1-5,11,13,15-16H,6-8H2/t11-/m1/s1. The number of nitrogens with one attached hydrogen (secondary N) is 1. The number of rotatable bonds is 4. The van der Waals surface area contributed by atoms with E-state index in [1.807, 2.05) is 18.2 Å². The monoisotopic (exact) mass is 253 g/mol. The summed E-state index contributed by atoms with van der Waals surface area (Å²) in [6.45, 7) is -0.230. The van der Waals surface area contributed by atoms with Crippen molar-refractivity contribution >= 4 is 18.0 Å². The molecular formula is C12H15NO3S. The van der Waals surface area contributed by atoms with Gasteiger partial charge in [0, 0.05) is 11.3 Å². The van der Waals surface area contributed by atoms with Gasteiger partial charge in [-0.25, -0.2) is 0 Å². The van der Waals surface area contributed by atoms with Crippen molar-refractivity contribution in [1.82, 2.24) is 5.32 Å². The number of hydrogen-bond donors (Lipinski definition) is 3. The molecule has 1 heterocycles. The number of aldehydes is 1. The van der Waals surface area contributed by atoms with Crippen molar-refractivity contribution in [3.05, 3.63) is 35.4 Å². The molecule has 1 aromatic carbocycles. The average Bonchev–Trinajstić information content (AvgIpc) is 2.83. The van der Waals surface area contributed by atoms with Gasteiger partial charge in [-0.05, 0) is 5.56 Å². The van der Waals surface area contributed by atoms with E-state index in [2.05, 4.69) is 5.32 Å². The quantitative estimate of drug-likeness (QED) is 0.684. The SMILES string of the molecule is O=Cc1ccccc1[C@@H]1NC(CO)(CO)CS1. The van der Waals surface area contributed by atoms with E-state index in [1.165, 1.54) is 0 Å². The zero-order valence-corrected chi connectivity index (χ0v) is 10.1. The third kappa shape index (κ3) is 2.37. The van der Waals surface area contributed by atoms with Gasteiger partial charge in [0.15, 0.2) is 0 Å². The molecule has 4 nitrogen and oxygen atoms in total. The van der Waals surface area contributed by atoms with E-state index in [-0.39, 0.29) is 18.6 Å². The van der Waals surface area contributed by atoms with Crippen LogP contribution in [0, 0.1) is 0 Å². The van der Waals surface area contributed by atoms with E-state index < -0.39 is 5.54 Å². The number of aliphatic hydroxyl groups excluding tert-OH is 2. The molecule has 0 radical (unpaired) electrons. The topological polar surface area (TPSA) is 69.6 Å². The van der Waals surface area contributed by atoms with E-state index in [1.54, 1.807) is 17.8 Å². The lowest BCUT2D eigenvalue weighted by molar-refractivity contribution is 0.110. The van der Waals surface area contributed by atoms with Crippen LogP contribution in [0.15, 0.2) is 24.3 Å². The second kappa shape index (κ2) is 5.18. The van der Waals surface area contributed by atoms with Gasteiger partial charge in [-0.3, -0.25) is 10.1 Å². The molecule has 0 aromatic heterocycles. The maximum absolute atomic E-state index is 10.9.